The minimum atomic E-state index is 0.214. The van der Waals surface area contributed by atoms with Gasteiger partial charge in [0.05, 0.1) is 37.4 Å². The number of hydrogen-bond acceptors (Lipinski definition) is 4. The molecule has 4 rings (SSSR count). The summed E-state index contributed by atoms with van der Waals surface area (Å²) in [5, 5.41) is 0. The van der Waals surface area contributed by atoms with E-state index in [0.29, 0.717) is 0 Å². The van der Waals surface area contributed by atoms with Gasteiger partial charge in [-0.05, 0) is 43.2 Å². The van der Waals surface area contributed by atoms with Gasteiger partial charge in [0.25, 0.3) is 0 Å². The van der Waals surface area contributed by atoms with Crippen LogP contribution in [0.25, 0.3) is 11.0 Å². The van der Waals surface area contributed by atoms with Crippen molar-refractivity contribution in [2.24, 2.45) is 0 Å². The fourth-order valence-corrected chi connectivity index (χ4v) is 3.87. The third-order valence-electron chi connectivity index (χ3n) is 5.26. The van der Waals surface area contributed by atoms with Crippen molar-refractivity contribution in [1.82, 2.24) is 14.5 Å². The van der Waals surface area contributed by atoms with Gasteiger partial charge in [-0.15, -0.1) is 0 Å². The molecule has 0 N–H and O–H groups in total. The number of aromatic nitrogens is 2. The highest BCUT2D eigenvalue weighted by Crippen LogP contribution is 2.20. The summed E-state index contributed by atoms with van der Waals surface area (Å²) < 4.78 is 13.6. The molecule has 2 aromatic carbocycles. The SMILES string of the molecule is CCn1c(CN2CCOC(Cc3ccc(OC)cc3)C2)nc2ccccc21. The second-order valence-corrected chi connectivity index (χ2v) is 7.04. The normalized spacial score (nSPS) is 18.1. The molecule has 0 spiro atoms. The molecule has 3 aromatic rings. The van der Waals surface area contributed by atoms with E-state index in [1.54, 1.807) is 7.11 Å². The Morgan fingerprint density at radius 2 is 1.96 bits per heavy atom. The fourth-order valence-electron chi connectivity index (χ4n) is 3.87. The van der Waals surface area contributed by atoms with E-state index in [-0.39, 0.29) is 6.10 Å². The van der Waals surface area contributed by atoms with E-state index in [1.165, 1.54) is 11.1 Å². The molecule has 5 nitrogen and oxygen atoms in total. The van der Waals surface area contributed by atoms with E-state index in [1.807, 2.05) is 12.1 Å². The summed E-state index contributed by atoms with van der Waals surface area (Å²) in [5.41, 5.74) is 3.58. The van der Waals surface area contributed by atoms with Crippen LogP contribution in [0, 0.1) is 0 Å². The smallest absolute Gasteiger partial charge is 0.124 e. The molecule has 1 saturated heterocycles. The molecule has 0 aliphatic carbocycles. The first kappa shape index (κ1) is 18.0. The van der Waals surface area contributed by atoms with Gasteiger partial charge in [-0.2, -0.15) is 0 Å². The predicted octanol–water partition coefficient (Wildman–Crippen LogP) is 3.51. The van der Waals surface area contributed by atoms with Crippen molar-refractivity contribution in [1.29, 1.82) is 0 Å². The summed E-state index contributed by atoms with van der Waals surface area (Å²) in [4.78, 5) is 7.34. The quantitative estimate of drug-likeness (QED) is 0.670. The van der Waals surface area contributed by atoms with Crippen molar-refractivity contribution in [3.8, 4) is 5.75 Å². The number of fused-ring (bicyclic) bond motifs is 1. The van der Waals surface area contributed by atoms with E-state index >= 15 is 0 Å². The van der Waals surface area contributed by atoms with Gasteiger partial charge in [0.2, 0.25) is 0 Å². The number of rotatable bonds is 6. The standard InChI is InChI=1S/C22H27N3O2/c1-3-25-21-7-5-4-6-20(21)23-22(25)16-24-12-13-27-19(15-24)14-17-8-10-18(26-2)11-9-17/h4-11,19H,3,12-16H2,1-2H3. The highest BCUT2D eigenvalue weighted by atomic mass is 16.5. The number of para-hydroxylation sites is 2. The molecule has 0 radical (unpaired) electrons. The summed E-state index contributed by atoms with van der Waals surface area (Å²) in [6.45, 7) is 6.64. The zero-order valence-corrected chi connectivity index (χ0v) is 16.1. The Kier molecular flexibility index (Phi) is 5.41. The zero-order chi connectivity index (χ0) is 18.6. The van der Waals surface area contributed by atoms with Crippen molar-refractivity contribution in [3.63, 3.8) is 0 Å². The molecular weight excluding hydrogens is 338 g/mol. The summed E-state index contributed by atoms with van der Waals surface area (Å²) >= 11 is 0. The van der Waals surface area contributed by atoms with Gasteiger partial charge < -0.3 is 14.0 Å². The van der Waals surface area contributed by atoms with Crippen LogP contribution < -0.4 is 4.74 Å². The molecule has 27 heavy (non-hydrogen) atoms. The van der Waals surface area contributed by atoms with Crippen LogP contribution >= 0.6 is 0 Å². The molecule has 0 saturated carbocycles. The molecule has 1 aliphatic rings. The van der Waals surface area contributed by atoms with Crippen molar-refractivity contribution >= 4 is 11.0 Å². The van der Waals surface area contributed by atoms with Crippen LogP contribution in [0.15, 0.2) is 48.5 Å². The molecule has 0 bridgehead atoms. The number of imidazole rings is 1. The third-order valence-corrected chi connectivity index (χ3v) is 5.26. The Balaban J connectivity index is 1.44. The van der Waals surface area contributed by atoms with Gasteiger partial charge in [-0.3, -0.25) is 4.90 Å². The van der Waals surface area contributed by atoms with E-state index in [9.17, 15) is 0 Å². The second-order valence-electron chi connectivity index (χ2n) is 7.04. The first-order valence-electron chi connectivity index (χ1n) is 9.68. The lowest BCUT2D eigenvalue weighted by Crippen LogP contribution is -2.43. The van der Waals surface area contributed by atoms with Crippen LogP contribution in [0.2, 0.25) is 0 Å². The van der Waals surface area contributed by atoms with Crippen LogP contribution in [0.3, 0.4) is 0 Å². The number of hydrogen-bond donors (Lipinski definition) is 0. The lowest BCUT2D eigenvalue weighted by molar-refractivity contribution is -0.0314. The van der Waals surface area contributed by atoms with E-state index in [0.717, 1.165) is 56.3 Å². The Hall–Kier alpha value is -2.37. The van der Waals surface area contributed by atoms with Crippen molar-refractivity contribution in [2.75, 3.05) is 26.8 Å². The molecule has 2 heterocycles. The number of morpholine rings is 1. The van der Waals surface area contributed by atoms with E-state index in [4.69, 9.17) is 14.5 Å². The first-order chi connectivity index (χ1) is 13.3. The maximum Gasteiger partial charge on any atom is 0.124 e. The summed E-state index contributed by atoms with van der Waals surface area (Å²) in [5.74, 6) is 2.03. The Bertz CT molecular complexity index is 888. The largest absolute Gasteiger partial charge is 0.497 e. The highest BCUT2D eigenvalue weighted by Gasteiger charge is 2.22. The molecule has 0 amide bonds. The van der Waals surface area contributed by atoms with Crippen LogP contribution in [-0.2, 0) is 24.2 Å². The van der Waals surface area contributed by atoms with Gasteiger partial charge in [0, 0.05) is 19.6 Å². The van der Waals surface area contributed by atoms with Crippen LogP contribution in [0.4, 0.5) is 0 Å². The molecular formula is C22H27N3O2. The lowest BCUT2D eigenvalue weighted by atomic mass is 10.1. The Labute approximate surface area is 160 Å². The monoisotopic (exact) mass is 365 g/mol. The molecule has 1 atom stereocenters. The van der Waals surface area contributed by atoms with Crippen molar-refractivity contribution < 1.29 is 9.47 Å². The van der Waals surface area contributed by atoms with Gasteiger partial charge in [-0.25, -0.2) is 4.98 Å². The molecule has 5 heteroatoms. The van der Waals surface area contributed by atoms with Crippen LogP contribution in [-0.4, -0.2) is 47.4 Å². The number of nitrogens with zero attached hydrogens (tertiary/aromatic N) is 3. The minimum Gasteiger partial charge on any atom is -0.497 e. The zero-order valence-electron chi connectivity index (χ0n) is 16.1. The highest BCUT2D eigenvalue weighted by molar-refractivity contribution is 5.75. The third kappa shape index (κ3) is 3.99. The van der Waals surface area contributed by atoms with Crippen molar-refractivity contribution in [2.45, 2.75) is 32.5 Å². The number of methoxy groups -OCH3 is 1. The van der Waals surface area contributed by atoms with E-state index < -0.39 is 0 Å². The van der Waals surface area contributed by atoms with Gasteiger partial charge in [-0.1, -0.05) is 24.3 Å². The summed E-state index contributed by atoms with van der Waals surface area (Å²) in [7, 11) is 1.70. The number of aryl methyl sites for hydroxylation is 1. The average Bonchev–Trinajstić information content (AvgIpc) is 3.05. The fraction of sp³-hybridized carbons (Fsp3) is 0.409. The second kappa shape index (κ2) is 8.11. The lowest BCUT2D eigenvalue weighted by Gasteiger charge is -2.32. The van der Waals surface area contributed by atoms with Crippen LogP contribution in [0.1, 0.15) is 18.3 Å². The molecule has 1 fully saturated rings. The summed E-state index contributed by atoms with van der Waals surface area (Å²) in [6.07, 6.45) is 1.14. The minimum absolute atomic E-state index is 0.214. The maximum absolute atomic E-state index is 6.02. The van der Waals surface area contributed by atoms with Crippen molar-refractivity contribution in [3.05, 3.63) is 59.9 Å². The Morgan fingerprint density at radius 1 is 1.15 bits per heavy atom. The first-order valence-corrected chi connectivity index (χ1v) is 9.68. The van der Waals surface area contributed by atoms with Crippen LogP contribution in [0.5, 0.6) is 5.75 Å². The average molecular weight is 365 g/mol. The molecule has 142 valence electrons. The summed E-state index contributed by atoms with van der Waals surface area (Å²) in [6, 6.07) is 16.7. The van der Waals surface area contributed by atoms with Gasteiger partial charge in [0.1, 0.15) is 11.6 Å². The molecule has 1 unspecified atom stereocenters. The molecule has 1 aliphatic heterocycles. The molecule has 1 aromatic heterocycles. The topological polar surface area (TPSA) is 39.5 Å². The Morgan fingerprint density at radius 3 is 2.74 bits per heavy atom. The van der Waals surface area contributed by atoms with Gasteiger partial charge >= 0.3 is 0 Å². The number of benzene rings is 2. The maximum atomic E-state index is 6.02. The van der Waals surface area contributed by atoms with Gasteiger partial charge in [0.15, 0.2) is 0 Å². The number of ether oxygens (including phenoxy) is 2. The predicted molar refractivity (Wildman–Crippen MR) is 107 cm³/mol. The van der Waals surface area contributed by atoms with E-state index in [2.05, 4.69) is 52.8 Å².